The van der Waals surface area contributed by atoms with E-state index in [2.05, 4.69) is 9.71 Å². The standard InChI is InChI=1S/C20H17Cl2N3O4S2/c1-2-7-25-17-8-12(3-6-18(17)29-10-19(25)26)16-11-30-20(23-16)24-31(27,28)13-4-5-14(21)15(22)9-13/h3-6,8-9,11H,2,7,10H2,1H3,(H,23,24). The molecule has 1 N–H and O–H groups in total. The summed E-state index contributed by atoms with van der Waals surface area (Å²) in [7, 11) is -3.88. The molecule has 0 saturated carbocycles. The van der Waals surface area contributed by atoms with Crippen molar-refractivity contribution in [2.45, 2.75) is 18.2 Å². The predicted octanol–water partition coefficient (Wildman–Crippen LogP) is 5.05. The molecule has 31 heavy (non-hydrogen) atoms. The second kappa shape index (κ2) is 8.66. The van der Waals surface area contributed by atoms with E-state index in [1.54, 1.807) is 16.3 Å². The number of aromatic nitrogens is 1. The van der Waals surface area contributed by atoms with Gasteiger partial charge in [-0.15, -0.1) is 11.3 Å². The van der Waals surface area contributed by atoms with Crippen LogP contribution >= 0.6 is 34.5 Å². The number of carbonyl (C=O) groups excluding carboxylic acids is 1. The normalized spacial score (nSPS) is 13.6. The van der Waals surface area contributed by atoms with E-state index < -0.39 is 10.0 Å². The summed E-state index contributed by atoms with van der Waals surface area (Å²) in [5.74, 6) is 0.535. The van der Waals surface area contributed by atoms with Gasteiger partial charge in [-0.3, -0.25) is 9.52 Å². The Labute approximate surface area is 193 Å². The van der Waals surface area contributed by atoms with Gasteiger partial charge in [-0.2, -0.15) is 0 Å². The Kier molecular flexibility index (Phi) is 6.11. The lowest BCUT2D eigenvalue weighted by molar-refractivity contribution is -0.121. The number of fused-ring (bicyclic) bond motifs is 1. The van der Waals surface area contributed by atoms with E-state index in [4.69, 9.17) is 27.9 Å². The second-order valence-electron chi connectivity index (χ2n) is 6.74. The van der Waals surface area contributed by atoms with Crippen LogP contribution in [-0.2, 0) is 14.8 Å². The first-order valence-electron chi connectivity index (χ1n) is 9.29. The van der Waals surface area contributed by atoms with Crippen molar-refractivity contribution in [2.24, 2.45) is 0 Å². The Balaban J connectivity index is 1.60. The quantitative estimate of drug-likeness (QED) is 0.514. The number of nitrogens with zero attached hydrogens (tertiary/aromatic N) is 2. The lowest BCUT2D eigenvalue weighted by Gasteiger charge is -2.29. The van der Waals surface area contributed by atoms with Crippen LogP contribution in [0.15, 0.2) is 46.7 Å². The van der Waals surface area contributed by atoms with E-state index in [9.17, 15) is 13.2 Å². The number of rotatable bonds is 6. The van der Waals surface area contributed by atoms with Crippen LogP contribution in [0.3, 0.4) is 0 Å². The Hall–Kier alpha value is -2.33. The van der Waals surface area contributed by atoms with Crippen LogP contribution in [0.2, 0.25) is 10.0 Å². The monoisotopic (exact) mass is 497 g/mol. The number of hydrogen-bond donors (Lipinski definition) is 1. The Morgan fingerprint density at radius 2 is 2.00 bits per heavy atom. The van der Waals surface area contributed by atoms with Gasteiger partial charge in [-0.05, 0) is 42.8 Å². The highest BCUT2D eigenvalue weighted by atomic mass is 35.5. The summed E-state index contributed by atoms with van der Waals surface area (Å²) < 4.78 is 33.3. The fourth-order valence-electron chi connectivity index (χ4n) is 3.10. The highest BCUT2D eigenvalue weighted by Gasteiger charge is 2.25. The third-order valence-electron chi connectivity index (χ3n) is 4.57. The Bertz CT molecular complexity index is 1260. The average Bonchev–Trinajstić information content (AvgIpc) is 3.19. The van der Waals surface area contributed by atoms with Crippen LogP contribution in [0, 0.1) is 0 Å². The van der Waals surface area contributed by atoms with Gasteiger partial charge in [0.2, 0.25) is 0 Å². The summed E-state index contributed by atoms with van der Waals surface area (Å²) in [6.45, 7) is 2.60. The molecule has 7 nitrogen and oxygen atoms in total. The van der Waals surface area contributed by atoms with Gasteiger partial charge in [-0.25, -0.2) is 13.4 Å². The topological polar surface area (TPSA) is 88.6 Å². The molecule has 1 aromatic heterocycles. The number of ether oxygens (including phenoxy) is 1. The zero-order valence-electron chi connectivity index (χ0n) is 16.3. The highest BCUT2D eigenvalue weighted by Crippen LogP contribution is 2.37. The lowest BCUT2D eigenvalue weighted by Crippen LogP contribution is -2.39. The second-order valence-corrected chi connectivity index (χ2v) is 10.1. The van der Waals surface area contributed by atoms with Gasteiger partial charge in [0.25, 0.3) is 15.9 Å². The average molecular weight is 498 g/mol. The molecule has 1 amide bonds. The molecular weight excluding hydrogens is 481 g/mol. The van der Waals surface area contributed by atoms with E-state index in [0.29, 0.717) is 23.7 Å². The minimum absolute atomic E-state index is 0.0155. The van der Waals surface area contributed by atoms with Gasteiger partial charge in [-0.1, -0.05) is 30.1 Å². The number of thiazole rings is 1. The van der Waals surface area contributed by atoms with Gasteiger partial charge in [0, 0.05) is 17.5 Å². The minimum Gasteiger partial charge on any atom is -0.482 e. The number of nitrogens with one attached hydrogen (secondary N) is 1. The molecule has 0 atom stereocenters. The Morgan fingerprint density at radius 3 is 2.74 bits per heavy atom. The third kappa shape index (κ3) is 4.50. The van der Waals surface area contributed by atoms with E-state index in [1.165, 1.54) is 18.2 Å². The van der Waals surface area contributed by atoms with Gasteiger partial charge in [0.1, 0.15) is 5.75 Å². The molecule has 0 bridgehead atoms. The maximum Gasteiger partial charge on any atom is 0.265 e. The molecule has 4 rings (SSSR count). The molecule has 1 aliphatic rings. The number of amides is 1. The molecule has 2 heterocycles. The summed E-state index contributed by atoms with van der Waals surface area (Å²) in [6.07, 6.45) is 0.812. The molecule has 1 aliphatic heterocycles. The molecule has 3 aromatic rings. The number of halogens is 2. The third-order valence-corrected chi connectivity index (χ3v) is 7.53. The zero-order valence-corrected chi connectivity index (χ0v) is 19.4. The van der Waals surface area contributed by atoms with Gasteiger partial charge in [0.15, 0.2) is 11.7 Å². The minimum atomic E-state index is -3.88. The number of benzene rings is 2. The number of hydrogen-bond acceptors (Lipinski definition) is 6. The van der Waals surface area contributed by atoms with Crippen molar-refractivity contribution in [3.63, 3.8) is 0 Å². The molecule has 162 valence electrons. The highest BCUT2D eigenvalue weighted by molar-refractivity contribution is 7.93. The van der Waals surface area contributed by atoms with Gasteiger partial charge in [0.05, 0.1) is 26.3 Å². The maximum absolute atomic E-state index is 12.6. The number of sulfonamides is 1. The van der Waals surface area contributed by atoms with Crippen molar-refractivity contribution < 1.29 is 17.9 Å². The number of anilines is 2. The number of carbonyl (C=O) groups is 1. The molecule has 0 radical (unpaired) electrons. The van der Waals surface area contributed by atoms with Crippen molar-refractivity contribution in [1.29, 1.82) is 0 Å². The maximum atomic E-state index is 12.6. The largest absolute Gasteiger partial charge is 0.482 e. The molecule has 0 aliphatic carbocycles. The summed E-state index contributed by atoms with van der Waals surface area (Å²) in [6, 6.07) is 9.51. The van der Waals surface area contributed by atoms with Gasteiger partial charge < -0.3 is 9.64 Å². The van der Waals surface area contributed by atoms with Crippen molar-refractivity contribution in [1.82, 2.24) is 4.98 Å². The lowest BCUT2D eigenvalue weighted by atomic mass is 10.1. The summed E-state index contributed by atoms with van der Waals surface area (Å²) in [4.78, 5) is 18.3. The summed E-state index contributed by atoms with van der Waals surface area (Å²) >= 11 is 12.9. The molecule has 0 unspecified atom stereocenters. The smallest absolute Gasteiger partial charge is 0.265 e. The summed E-state index contributed by atoms with van der Waals surface area (Å²) in [5, 5.41) is 2.36. The zero-order chi connectivity index (χ0) is 22.2. The molecular formula is C20H17Cl2N3O4S2. The van der Waals surface area contributed by atoms with Crippen LogP contribution in [0.5, 0.6) is 5.75 Å². The predicted molar refractivity (Wildman–Crippen MR) is 123 cm³/mol. The fraction of sp³-hybridized carbons (Fsp3) is 0.200. The van der Waals surface area contributed by atoms with Crippen molar-refractivity contribution >= 4 is 61.3 Å². The van der Waals surface area contributed by atoms with Crippen molar-refractivity contribution in [3.8, 4) is 17.0 Å². The van der Waals surface area contributed by atoms with Crippen LogP contribution in [0.1, 0.15) is 13.3 Å². The molecule has 0 saturated heterocycles. The van der Waals surface area contributed by atoms with Crippen LogP contribution in [0.4, 0.5) is 10.8 Å². The van der Waals surface area contributed by atoms with E-state index in [1.807, 2.05) is 19.1 Å². The molecule has 11 heteroatoms. The first kappa shape index (κ1) is 21.9. The van der Waals surface area contributed by atoms with Crippen LogP contribution in [-0.4, -0.2) is 32.5 Å². The van der Waals surface area contributed by atoms with E-state index >= 15 is 0 Å². The van der Waals surface area contributed by atoms with Crippen molar-refractivity contribution in [2.75, 3.05) is 22.8 Å². The molecule has 2 aromatic carbocycles. The molecule has 0 spiro atoms. The van der Waals surface area contributed by atoms with Crippen molar-refractivity contribution in [3.05, 3.63) is 51.8 Å². The first-order valence-corrected chi connectivity index (χ1v) is 12.4. The van der Waals surface area contributed by atoms with Gasteiger partial charge >= 0.3 is 0 Å². The first-order chi connectivity index (χ1) is 14.8. The Morgan fingerprint density at radius 1 is 1.19 bits per heavy atom. The summed E-state index contributed by atoms with van der Waals surface area (Å²) in [5.41, 5.74) is 2.00. The van der Waals surface area contributed by atoms with Crippen LogP contribution in [0.25, 0.3) is 11.3 Å². The van der Waals surface area contributed by atoms with E-state index in [-0.39, 0.29) is 32.6 Å². The van der Waals surface area contributed by atoms with E-state index in [0.717, 1.165) is 23.3 Å². The van der Waals surface area contributed by atoms with Crippen LogP contribution < -0.4 is 14.4 Å². The molecule has 0 fully saturated rings. The SMILES string of the molecule is CCCN1C(=O)COc2ccc(-c3csc(NS(=O)(=O)c4ccc(Cl)c(Cl)c4)n3)cc21. The fourth-order valence-corrected chi connectivity index (χ4v) is 5.46.